The van der Waals surface area contributed by atoms with Gasteiger partial charge in [-0.1, -0.05) is 17.7 Å². The van der Waals surface area contributed by atoms with Crippen molar-refractivity contribution in [3.63, 3.8) is 0 Å². The third kappa shape index (κ3) is 2.15. The lowest BCUT2D eigenvalue weighted by Gasteiger charge is -2.19. The number of halogens is 1. The van der Waals surface area contributed by atoms with Crippen LogP contribution in [0.4, 0.5) is 16.4 Å². The van der Waals surface area contributed by atoms with Gasteiger partial charge in [-0.2, -0.15) is 0 Å². The van der Waals surface area contributed by atoms with E-state index in [1.54, 1.807) is 0 Å². The van der Waals surface area contributed by atoms with Crippen molar-refractivity contribution in [2.75, 3.05) is 17.7 Å². The first-order valence-corrected chi connectivity index (χ1v) is 6.12. The topological polar surface area (TPSA) is 29.3 Å². The van der Waals surface area contributed by atoms with Gasteiger partial charge in [0.25, 0.3) is 0 Å². The first-order chi connectivity index (χ1) is 7.58. The highest BCUT2D eigenvalue weighted by atomic mass is 35.5. The second-order valence-corrected chi connectivity index (χ2v) is 5.39. The molecule has 1 aromatic heterocycles. The van der Waals surface area contributed by atoms with Crippen LogP contribution >= 0.6 is 22.9 Å². The zero-order chi connectivity index (χ0) is 11.7. The molecule has 0 amide bonds. The third-order valence-corrected chi connectivity index (χ3v) is 3.74. The Morgan fingerprint density at radius 1 is 1.25 bits per heavy atom. The van der Waals surface area contributed by atoms with Crippen molar-refractivity contribution >= 4 is 39.3 Å². The lowest BCUT2D eigenvalue weighted by molar-refractivity contribution is 1.24. The van der Waals surface area contributed by atoms with E-state index in [4.69, 9.17) is 17.3 Å². The molecule has 2 N–H and O–H groups in total. The molecule has 4 heteroatoms. The molecule has 0 atom stereocenters. The van der Waals surface area contributed by atoms with Crippen LogP contribution < -0.4 is 10.6 Å². The Morgan fingerprint density at radius 2 is 2.00 bits per heavy atom. The van der Waals surface area contributed by atoms with Crippen molar-refractivity contribution < 1.29 is 0 Å². The molecule has 1 aromatic carbocycles. The van der Waals surface area contributed by atoms with Crippen LogP contribution in [0.25, 0.3) is 0 Å². The zero-order valence-corrected chi connectivity index (χ0v) is 10.8. The number of anilines is 3. The highest BCUT2D eigenvalue weighted by Gasteiger charge is 2.09. The normalized spacial score (nSPS) is 10.4. The molecular weight excluding hydrogens is 240 g/mol. The zero-order valence-electron chi connectivity index (χ0n) is 9.20. The van der Waals surface area contributed by atoms with E-state index in [-0.39, 0.29) is 0 Å². The summed E-state index contributed by atoms with van der Waals surface area (Å²) in [6.45, 7) is 2.03. The first kappa shape index (κ1) is 11.3. The van der Waals surface area contributed by atoms with E-state index in [2.05, 4.69) is 6.07 Å². The van der Waals surface area contributed by atoms with E-state index in [1.165, 1.54) is 16.9 Å². The molecule has 2 nitrogen and oxygen atoms in total. The van der Waals surface area contributed by atoms with Gasteiger partial charge in [-0.3, -0.25) is 0 Å². The van der Waals surface area contributed by atoms with Gasteiger partial charge in [0.05, 0.1) is 20.7 Å². The molecule has 0 spiro atoms. The fourth-order valence-corrected chi connectivity index (χ4v) is 2.59. The fourth-order valence-electron chi connectivity index (χ4n) is 1.58. The largest absolute Gasteiger partial charge is 0.397 e. The van der Waals surface area contributed by atoms with Gasteiger partial charge in [-0.25, -0.2) is 0 Å². The smallest absolute Gasteiger partial charge is 0.0966 e. The van der Waals surface area contributed by atoms with E-state index < -0.39 is 0 Å². The molecule has 0 fully saturated rings. The van der Waals surface area contributed by atoms with E-state index in [9.17, 15) is 0 Å². The SMILES string of the molecule is Cc1ccc(N(C)c2ccc(Cl)s2)c(N)c1. The minimum absolute atomic E-state index is 0.784. The highest BCUT2D eigenvalue weighted by Crippen LogP contribution is 2.35. The molecule has 84 valence electrons. The van der Waals surface area contributed by atoms with Gasteiger partial charge in [-0.15, -0.1) is 11.3 Å². The van der Waals surface area contributed by atoms with E-state index in [1.807, 2.05) is 43.1 Å². The summed E-state index contributed by atoms with van der Waals surface area (Å²) in [6.07, 6.45) is 0. The molecule has 0 radical (unpaired) electrons. The number of thiophene rings is 1. The Labute approximate surface area is 104 Å². The minimum Gasteiger partial charge on any atom is -0.397 e. The van der Waals surface area contributed by atoms with Crippen LogP contribution in [0.1, 0.15) is 5.56 Å². The van der Waals surface area contributed by atoms with Crippen LogP contribution in [-0.2, 0) is 0 Å². The van der Waals surface area contributed by atoms with Crippen LogP contribution in [0.15, 0.2) is 30.3 Å². The number of nitrogens with two attached hydrogens (primary N) is 1. The number of hydrogen-bond donors (Lipinski definition) is 1. The maximum absolute atomic E-state index is 6.00. The molecule has 16 heavy (non-hydrogen) atoms. The van der Waals surface area contributed by atoms with Gasteiger partial charge in [0, 0.05) is 7.05 Å². The van der Waals surface area contributed by atoms with E-state index in [0.717, 1.165) is 20.7 Å². The molecule has 1 heterocycles. The van der Waals surface area contributed by atoms with Gasteiger partial charge in [-0.05, 0) is 36.8 Å². The molecule has 0 saturated heterocycles. The number of nitrogen functional groups attached to an aromatic ring is 1. The summed E-state index contributed by atoms with van der Waals surface area (Å²) in [5.74, 6) is 0. The molecule has 0 aliphatic heterocycles. The number of rotatable bonds is 2. The Bertz CT molecular complexity index is 507. The summed E-state index contributed by atoms with van der Waals surface area (Å²) < 4.78 is 0.785. The Hall–Kier alpha value is -1.19. The third-order valence-electron chi connectivity index (χ3n) is 2.43. The van der Waals surface area contributed by atoms with Gasteiger partial charge >= 0.3 is 0 Å². The summed E-state index contributed by atoms with van der Waals surface area (Å²) in [4.78, 5) is 2.05. The van der Waals surface area contributed by atoms with Gasteiger partial charge in [0.15, 0.2) is 0 Å². The van der Waals surface area contributed by atoms with Crippen LogP contribution in [0.3, 0.4) is 0 Å². The van der Waals surface area contributed by atoms with Crippen LogP contribution in [0.2, 0.25) is 4.34 Å². The number of hydrogen-bond acceptors (Lipinski definition) is 3. The summed E-state index contributed by atoms with van der Waals surface area (Å²) in [5, 5.41) is 1.08. The van der Waals surface area contributed by atoms with E-state index in [0.29, 0.717) is 0 Å². The van der Waals surface area contributed by atoms with Crippen molar-refractivity contribution in [1.29, 1.82) is 0 Å². The molecular formula is C12H13ClN2S. The lowest BCUT2D eigenvalue weighted by atomic mass is 10.2. The summed E-state index contributed by atoms with van der Waals surface area (Å²) in [7, 11) is 1.99. The number of aryl methyl sites for hydroxylation is 1. The monoisotopic (exact) mass is 252 g/mol. The van der Waals surface area contributed by atoms with Crippen LogP contribution in [0.5, 0.6) is 0 Å². The molecule has 0 bridgehead atoms. The van der Waals surface area contributed by atoms with Crippen LogP contribution in [-0.4, -0.2) is 7.05 Å². The molecule has 2 aromatic rings. The van der Waals surface area contributed by atoms with E-state index >= 15 is 0 Å². The maximum atomic E-state index is 6.00. The van der Waals surface area contributed by atoms with Crippen molar-refractivity contribution in [2.24, 2.45) is 0 Å². The van der Waals surface area contributed by atoms with Gasteiger partial charge < -0.3 is 10.6 Å². The predicted octanol–water partition coefficient (Wildman–Crippen LogP) is 4.06. The lowest BCUT2D eigenvalue weighted by Crippen LogP contribution is -2.10. The standard InChI is InChI=1S/C12H13ClN2S/c1-8-3-4-10(9(14)7-8)15(2)12-6-5-11(13)16-12/h3-7H,14H2,1-2H3. The summed E-state index contributed by atoms with van der Waals surface area (Å²) in [5.41, 5.74) is 8.95. The van der Waals surface area contributed by atoms with Crippen LogP contribution in [0, 0.1) is 6.92 Å². The average molecular weight is 253 g/mol. The van der Waals surface area contributed by atoms with Gasteiger partial charge in [0.2, 0.25) is 0 Å². The number of nitrogens with zero attached hydrogens (tertiary/aromatic N) is 1. The van der Waals surface area contributed by atoms with Crippen molar-refractivity contribution in [3.8, 4) is 0 Å². The molecule has 0 aliphatic carbocycles. The summed E-state index contributed by atoms with van der Waals surface area (Å²) >= 11 is 7.46. The fraction of sp³-hybridized carbons (Fsp3) is 0.167. The van der Waals surface area contributed by atoms with Gasteiger partial charge in [0.1, 0.15) is 0 Å². The predicted molar refractivity (Wildman–Crippen MR) is 73.0 cm³/mol. The Morgan fingerprint density at radius 3 is 2.56 bits per heavy atom. The maximum Gasteiger partial charge on any atom is 0.0966 e. The number of benzene rings is 1. The van der Waals surface area contributed by atoms with Crippen molar-refractivity contribution in [1.82, 2.24) is 0 Å². The molecule has 0 saturated carbocycles. The Balaban J connectivity index is 2.37. The molecule has 0 unspecified atom stereocenters. The summed E-state index contributed by atoms with van der Waals surface area (Å²) in [6, 6.07) is 9.94. The highest BCUT2D eigenvalue weighted by molar-refractivity contribution is 7.20. The quantitative estimate of drug-likeness (QED) is 0.817. The minimum atomic E-state index is 0.784. The Kier molecular flexibility index (Phi) is 3.08. The molecule has 0 aliphatic rings. The molecule has 2 rings (SSSR count). The van der Waals surface area contributed by atoms with Crippen molar-refractivity contribution in [2.45, 2.75) is 6.92 Å². The second kappa shape index (κ2) is 4.36. The van der Waals surface area contributed by atoms with Crippen molar-refractivity contribution in [3.05, 3.63) is 40.2 Å². The second-order valence-electron chi connectivity index (χ2n) is 3.70. The first-order valence-electron chi connectivity index (χ1n) is 4.93. The average Bonchev–Trinajstić information content (AvgIpc) is 2.64.